The maximum Gasteiger partial charge on any atom is 0.313 e. The molecule has 0 saturated carbocycles. The summed E-state index contributed by atoms with van der Waals surface area (Å²) in [5, 5.41) is 14.5. The van der Waals surface area contributed by atoms with Gasteiger partial charge in [-0.1, -0.05) is 37.0 Å². The Kier molecular flexibility index (Phi) is 6.45. The minimum absolute atomic E-state index is 0.0233. The van der Waals surface area contributed by atoms with Crippen LogP contribution in [0.5, 0.6) is 0 Å². The molecule has 0 aliphatic rings. The van der Waals surface area contributed by atoms with Gasteiger partial charge in [0, 0.05) is 18.2 Å². The van der Waals surface area contributed by atoms with E-state index in [2.05, 4.69) is 10.6 Å². The van der Waals surface area contributed by atoms with Gasteiger partial charge in [-0.3, -0.25) is 9.59 Å². The first-order chi connectivity index (χ1) is 9.75. The minimum Gasteiger partial charge on any atom is -0.396 e. The Labute approximate surface area is 133 Å². The largest absolute Gasteiger partial charge is 0.396 e. The molecule has 0 fully saturated rings. The molecule has 0 heterocycles. The summed E-state index contributed by atoms with van der Waals surface area (Å²) in [4.78, 5) is 23.5. The molecule has 1 rings (SSSR count). The van der Waals surface area contributed by atoms with Gasteiger partial charge in [-0.05, 0) is 30.0 Å². The molecule has 0 aliphatic carbocycles. The van der Waals surface area contributed by atoms with Crippen LogP contribution in [0.15, 0.2) is 18.2 Å². The number of carbonyl (C=O) groups is 2. The summed E-state index contributed by atoms with van der Waals surface area (Å²) >= 11 is 11.7. The number of hydrogen-bond acceptors (Lipinski definition) is 3. The molecule has 1 aromatic carbocycles. The van der Waals surface area contributed by atoms with Gasteiger partial charge in [-0.2, -0.15) is 0 Å². The van der Waals surface area contributed by atoms with Crippen LogP contribution in [0.25, 0.3) is 0 Å². The van der Waals surface area contributed by atoms with Gasteiger partial charge in [-0.25, -0.2) is 0 Å². The molecule has 7 heteroatoms. The van der Waals surface area contributed by atoms with Crippen molar-refractivity contribution in [2.75, 3.05) is 18.5 Å². The highest BCUT2D eigenvalue weighted by Crippen LogP contribution is 2.25. The number of halogens is 2. The van der Waals surface area contributed by atoms with Gasteiger partial charge in [0.15, 0.2) is 0 Å². The normalized spacial score (nSPS) is 11.1. The number of amides is 2. The molecule has 2 amide bonds. The number of nitrogens with one attached hydrogen (secondary N) is 2. The lowest BCUT2D eigenvalue weighted by Gasteiger charge is -2.23. The number of anilines is 1. The maximum atomic E-state index is 11.8. The molecule has 0 radical (unpaired) electrons. The lowest BCUT2D eigenvalue weighted by Crippen LogP contribution is -2.40. The Morgan fingerprint density at radius 1 is 1.24 bits per heavy atom. The van der Waals surface area contributed by atoms with Gasteiger partial charge in [0.1, 0.15) is 0 Å². The van der Waals surface area contributed by atoms with Crippen LogP contribution in [0, 0.1) is 5.41 Å². The van der Waals surface area contributed by atoms with Crippen molar-refractivity contribution in [1.29, 1.82) is 0 Å². The molecule has 0 spiro atoms. The molecule has 0 aromatic heterocycles. The van der Waals surface area contributed by atoms with E-state index in [9.17, 15) is 9.59 Å². The van der Waals surface area contributed by atoms with E-state index >= 15 is 0 Å². The third-order valence-corrected chi connectivity index (χ3v) is 3.45. The third kappa shape index (κ3) is 5.91. The number of aliphatic hydroxyl groups excluding tert-OH is 1. The lowest BCUT2D eigenvalue weighted by atomic mass is 9.90. The van der Waals surface area contributed by atoms with Gasteiger partial charge >= 0.3 is 11.8 Å². The third-order valence-electron chi connectivity index (χ3n) is 2.90. The van der Waals surface area contributed by atoms with Crippen LogP contribution in [0.4, 0.5) is 5.69 Å². The second-order valence-electron chi connectivity index (χ2n) is 5.40. The lowest BCUT2D eigenvalue weighted by molar-refractivity contribution is -0.136. The zero-order valence-electron chi connectivity index (χ0n) is 11.9. The fourth-order valence-corrected chi connectivity index (χ4v) is 2.02. The van der Waals surface area contributed by atoms with Crippen molar-refractivity contribution in [3.63, 3.8) is 0 Å². The average molecular weight is 333 g/mol. The number of aliphatic hydroxyl groups is 1. The summed E-state index contributed by atoms with van der Waals surface area (Å²) in [6.45, 7) is 4.08. The standard InChI is InChI=1S/C14H18Cl2N2O3/c1-14(2,5-6-19)8-17-12(20)13(21)18-11-4-3-9(15)7-10(11)16/h3-4,7,19H,5-6,8H2,1-2H3,(H,17,20)(H,18,21). The first-order valence-electron chi connectivity index (χ1n) is 6.40. The molecular formula is C14H18Cl2N2O3. The molecule has 0 unspecified atom stereocenters. The summed E-state index contributed by atoms with van der Waals surface area (Å²) in [6, 6.07) is 4.55. The summed E-state index contributed by atoms with van der Waals surface area (Å²) in [5.41, 5.74) is 0.0265. The van der Waals surface area contributed by atoms with Crippen molar-refractivity contribution < 1.29 is 14.7 Å². The predicted molar refractivity (Wildman–Crippen MR) is 83.6 cm³/mol. The van der Waals surface area contributed by atoms with Crippen molar-refractivity contribution in [3.8, 4) is 0 Å². The Balaban J connectivity index is 2.57. The van der Waals surface area contributed by atoms with Crippen LogP contribution in [0.2, 0.25) is 10.0 Å². The van der Waals surface area contributed by atoms with E-state index in [1.54, 1.807) is 6.07 Å². The van der Waals surface area contributed by atoms with Crippen LogP contribution in [-0.2, 0) is 9.59 Å². The molecule has 21 heavy (non-hydrogen) atoms. The number of benzene rings is 1. The van der Waals surface area contributed by atoms with Crippen LogP contribution in [0.3, 0.4) is 0 Å². The maximum absolute atomic E-state index is 11.8. The van der Waals surface area contributed by atoms with Crippen LogP contribution in [0.1, 0.15) is 20.3 Å². The highest BCUT2D eigenvalue weighted by atomic mass is 35.5. The Bertz CT molecular complexity index is 533. The first-order valence-corrected chi connectivity index (χ1v) is 7.16. The molecule has 3 N–H and O–H groups in total. The Morgan fingerprint density at radius 2 is 1.90 bits per heavy atom. The van der Waals surface area contributed by atoms with E-state index in [-0.39, 0.29) is 23.6 Å². The Morgan fingerprint density at radius 3 is 2.48 bits per heavy atom. The fourth-order valence-electron chi connectivity index (χ4n) is 1.56. The molecular weight excluding hydrogens is 315 g/mol. The van der Waals surface area contributed by atoms with Gasteiger partial charge < -0.3 is 15.7 Å². The average Bonchev–Trinajstić information content (AvgIpc) is 2.39. The highest BCUT2D eigenvalue weighted by molar-refractivity contribution is 6.42. The van der Waals surface area contributed by atoms with Crippen LogP contribution >= 0.6 is 23.2 Å². The van der Waals surface area contributed by atoms with E-state index in [0.717, 1.165) is 0 Å². The van der Waals surface area contributed by atoms with E-state index in [1.807, 2.05) is 13.8 Å². The van der Waals surface area contributed by atoms with E-state index in [4.69, 9.17) is 28.3 Å². The second kappa shape index (κ2) is 7.64. The molecule has 0 saturated heterocycles. The second-order valence-corrected chi connectivity index (χ2v) is 6.24. The van der Waals surface area contributed by atoms with Crippen molar-refractivity contribution in [2.24, 2.45) is 5.41 Å². The first kappa shape index (κ1) is 17.8. The fraction of sp³-hybridized carbons (Fsp3) is 0.429. The van der Waals surface area contributed by atoms with E-state index < -0.39 is 11.8 Å². The Hall–Kier alpha value is -1.30. The monoisotopic (exact) mass is 332 g/mol. The van der Waals surface area contributed by atoms with Gasteiger partial charge in [0.05, 0.1) is 10.7 Å². The number of hydrogen-bond donors (Lipinski definition) is 3. The van der Waals surface area contributed by atoms with Crippen LogP contribution in [-0.4, -0.2) is 30.1 Å². The molecule has 0 aliphatic heterocycles. The molecule has 1 aromatic rings. The summed E-state index contributed by atoms with van der Waals surface area (Å²) in [5.74, 6) is -1.56. The molecule has 0 atom stereocenters. The summed E-state index contributed by atoms with van der Waals surface area (Å²) in [7, 11) is 0. The summed E-state index contributed by atoms with van der Waals surface area (Å²) < 4.78 is 0. The van der Waals surface area contributed by atoms with Gasteiger partial charge in [0.25, 0.3) is 0 Å². The van der Waals surface area contributed by atoms with Gasteiger partial charge in [-0.15, -0.1) is 0 Å². The highest BCUT2D eigenvalue weighted by Gasteiger charge is 2.21. The summed E-state index contributed by atoms with van der Waals surface area (Å²) in [6.07, 6.45) is 0.526. The predicted octanol–water partition coefficient (Wildman–Crippen LogP) is 2.46. The smallest absolute Gasteiger partial charge is 0.313 e. The van der Waals surface area contributed by atoms with E-state index in [0.29, 0.717) is 17.1 Å². The van der Waals surface area contributed by atoms with Crippen LogP contribution < -0.4 is 10.6 Å². The minimum atomic E-state index is -0.806. The van der Waals surface area contributed by atoms with Crippen molar-refractivity contribution in [2.45, 2.75) is 20.3 Å². The zero-order valence-corrected chi connectivity index (χ0v) is 13.4. The van der Waals surface area contributed by atoms with E-state index in [1.165, 1.54) is 12.1 Å². The number of rotatable bonds is 5. The van der Waals surface area contributed by atoms with Crippen molar-refractivity contribution >= 4 is 40.7 Å². The topological polar surface area (TPSA) is 78.4 Å². The quantitative estimate of drug-likeness (QED) is 0.724. The zero-order chi connectivity index (χ0) is 16.0. The molecule has 5 nitrogen and oxygen atoms in total. The molecule has 116 valence electrons. The van der Waals surface area contributed by atoms with Crippen molar-refractivity contribution in [3.05, 3.63) is 28.2 Å². The van der Waals surface area contributed by atoms with Gasteiger partial charge in [0.2, 0.25) is 0 Å². The number of carbonyl (C=O) groups excluding carboxylic acids is 2. The SMILES string of the molecule is CC(C)(CCO)CNC(=O)C(=O)Nc1ccc(Cl)cc1Cl. The van der Waals surface area contributed by atoms with Crippen molar-refractivity contribution in [1.82, 2.24) is 5.32 Å². The molecule has 0 bridgehead atoms.